The molecule has 0 aliphatic heterocycles. The van der Waals surface area contributed by atoms with Crippen LogP contribution in [-0.4, -0.2) is 9.97 Å². The van der Waals surface area contributed by atoms with E-state index >= 15 is 0 Å². The van der Waals surface area contributed by atoms with Crippen LogP contribution in [0.2, 0.25) is 0 Å². The van der Waals surface area contributed by atoms with E-state index in [0.717, 1.165) is 34.5 Å². The molecule has 1 atom stereocenters. The van der Waals surface area contributed by atoms with Crippen molar-refractivity contribution in [2.45, 2.75) is 33.1 Å². The van der Waals surface area contributed by atoms with E-state index in [2.05, 4.69) is 42.9 Å². The maximum absolute atomic E-state index is 5.97. The highest BCUT2D eigenvalue weighted by molar-refractivity contribution is 5.80. The predicted octanol–water partition coefficient (Wildman–Crippen LogP) is 5.04. The molecule has 2 heterocycles. The van der Waals surface area contributed by atoms with Crippen LogP contribution in [0.1, 0.15) is 39.0 Å². The van der Waals surface area contributed by atoms with Crippen molar-refractivity contribution in [3.63, 3.8) is 0 Å². The summed E-state index contributed by atoms with van der Waals surface area (Å²) in [6, 6.07) is 10.2. The molecular formula is C18H20N2O. The zero-order valence-corrected chi connectivity index (χ0v) is 12.7. The Morgan fingerprint density at radius 3 is 2.48 bits per heavy atom. The molecule has 0 saturated carbocycles. The summed E-state index contributed by atoms with van der Waals surface area (Å²) < 4.78 is 5.97. The van der Waals surface area contributed by atoms with Crippen molar-refractivity contribution in [2.75, 3.05) is 0 Å². The number of rotatable bonds is 4. The Labute approximate surface area is 125 Å². The molecule has 0 N–H and O–H groups in total. The number of benzene rings is 1. The molecule has 0 spiro atoms. The van der Waals surface area contributed by atoms with Crippen molar-refractivity contribution in [1.29, 1.82) is 0 Å². The van der Waals surface area contributed by atoms with Gasteiger partial charge in [-0.25, -0.2) is 4.98 Å². The highest BCUT2D eigenvalue weighted by Gasteiger charge is 2.15. The number of hydrogen-bond donors (Lipinski definition) is 0. The molecule has 3 nitrogen and oxygen atoms in total. The Morgan fingerprint density at radius 1 is 1.00 bits per heavy atom. The van der Waals surface area contributed by atoms with Gasteiger partial charge in [-0.15, -0.1) is 0 Å². The summed E-state index contributed by atoms with van der Waals surface area (Å²) in [5.41, 5.74) is 4.05. The lowest BCUT2D eigenvalue weighted by molar-refractivity contribution is 0.428. The van der Waals surface area contributed by atoms with E-state index in [1.807, 2.05) is 18.2 Å². The van der Waals surface area contributed by atoms with Crippen LogP contribution in [0.4, 0.5) is 0 Å². The number of nitrogens with zero attached hydrogens (tertiary/aromatic N) is 2. The fraction of sp³-hybridized carbons (Fsp3) is 0.333. The largest absolute Gasteiger partial charge is 0.440 e. The van der Waals surface area contributed by atoms with Crippen molar-refractivity contribution in [1.82, 2.24) is 9.97 Å². The van der Waals surface area contributed by atoms with Crippen LogP contribution in [0, 0.1) is 5.92 Å². The molecule has 1 aromatic carbocycles. The van der Waals surface area contributed by atoms with Gasteiger partial charge >= 0.3 is 0 Å². The van der Waals surface area contributed by atoms with Crippen LogP contribution >= 0.6 is 0 Å². The summed E-state index contributed by atoms with van der Waals surface area (Å²) in [5.74, 6) is 1.83. The van der Waals surface area contributed by atoms with E-state index in [1.54, 1.807) is 12.4 Å². The second-order valence-corrected chi connectivity index (χ2v) is 6.00. The van der Waals surface area contributed by atoms with Gasteiger partial charge in [0.2, 0.25) is 0 Å². The standard InChI is InChI=1S/C18H20N2O/c1-12(2)10-13(3)18-20-16-5-4-15(11-17(16)21-18)14-6-8-19-9-7-14/h4-9,11-13H,10H2,1-3H3. The van der Waals surface area contributed by atoms with Crippen LogP contribution in [0.25, 0.3) is 22.2 Å². The molecule has 0 radical (unpaired) electrons. The lowest BCUT2D eigenvalue weighted by Crippen LogP contribution is -1.98. The minimum atomic E-state index is 0.349. The summed E-state index contributed by atoms with van der Waals surface area (Å²) in [6.45, 7) is 6.62. The van der Waals surface area contributed by atoms with Crippen molar-refractivity contribution in [3.8, 4) is 11.1 Å². The van der Waals surface area contributed by atoms with Gasteiger partial charge in [-0.1, -0.05) is 26.8 Å². The topological polar surface area (TPSA) is 38.9 Å². The Kier molecular flexibility index (Phi) is 3.74. The average molecular weight is 280 g/mol. The van der Waals surface area contributed by atoms with Crippen LogP contribution < -0.4 is 0 Å². The third-order valence-electron chi connectivity index (χ3n) is 3.67. The lowest BCUT2D eigenvalue weighted by Gasteiger charge is -2.09. The highest BCUT2D eigenvalue weighted by atomic mass is 16.3. The van der Waals surface area contributed by atoms with E-state index in [1.165, 1.54) is 0 Å². The first-order chi connectivity index (χ1) is 10.1. The van der Waals surface area contributed by atoms with Gasteiger partial charge in [0.05, 0.1) is 0 Å². The summed E-state index contributed by atoms with van der Waals surface area (Å²) in [4.78, 5) is 8.67. The van der Waals surface area contributed by atoms with Gasteiger partial charge in [0.1, 0.15) is 5.52 Å². The second-order valence-electron chi connectivity index (χ2n) is 6.00. The average Bonchev–Trinajstić information content (AvgIpc) is 2.90. The molecule has 0 aliphatic carbocycles. The summed E-state index contributed by atoms with van der Waals surface area (Å²) >= 11 is 0. The number of oxazole rings is 1. The molecule has 3 rings (SSSR count). The molecule has 1 unspecified atom stereocenters. The molecule has 0 amide bonds. The van der Waals surface area contributed by atoms with E-state index in [4.69, 9.17) is 4.42 Å². The number of pyridine rings is 1. The van der Waals surface area contributed by atoms with Gasteiger partial charge < -0.3 is 4.42 Å². The minimum absolute atomic E-state index is 0.349. The molecule has 0 aliphatic rings. The first-order valence-corrected chi connectivity index (χ1v) is 7.44. The number of aromatic nitrogens is 2. The fourth-order valence-corrected chi connectivity index (χ4v) is 2.69. The molecule has 2 aromatic heterocycles. The van der Waals surface area contributed by atoms with Crippen LogP contribution in [0.5, 0.6) is 0 Å². The van der Waals surface area contributed by atoms with E-state index < -0.39 is 0 Å². The normalized spacial score (nSPS) is 13.0. The quantitative estimate of drug-likeness (QED) is 0.672. The molecule has 3 heteroatoms. The maximum atomic E-state index is 5.97. The van der Waals surface area contributed by atoms with Crippen LogP contribution in [-0.2, 0) is 0 Å². The minimum Gasteiger partial charge on any atom is -0.440 e. The summed E-state index contributed by atoms with van der Waals surface area (Å²) in [6.07, 6.45) is 4.69. The van der Waals surface area contributed by atoms with Crippen molar-refractivity contribution in [3.05, 3.63) is 48.6 Å². The number of hydrogen-bond acceptors (Lipinski definition) is 3. The highest BCUT2D eigenvalue weighted by Crippen LogP contribution is 2.29. The Balaban J connectivity index is 1.95. The second kappa shape index (κ2) is 5.68. The third-order valence-corrected chi connectivity index (χ3v) is 3.67. The van der Waals surface area contributed by atoms with Gasteiger partial charge in [0.25, 0.3) is 0 Å². The monoisotopic (exact) mass is 280 g/mol. The van der Waals surface area contributed by atoms with E-state index in [0.29, 0.717) is 11.8 Å². The molecule has 21 heavy (non-hydrogen) atoms. The van der Waals surface area contributed by atoms with Gasteiger partial charge in [0, 0.05) is 18.3 Å². The molecule has 108 valence electrons. The molecule has 0 fully saturated rings. The molecule has 0 saturated heterocycles. The SMILES string of the molecule is CC(C)CC(C)c1nc2ccc(-c3ccncc3)cc2o1. The van der Waals surface area contributed by atoms with Gasteiger partial charge in [-0.05, 0) is 47.7 Å². The van der Waals surface area contributed by atoms with Crippen molar-refractivity contribution >= 4 is 11.1 Å². The van der Waals surface area contributed by atoms with Gasteiger partial charge in [0.15, 0.2) is 11.5 Å². The molecular weight excluding hydrogens is 260 g/mol. The zero-order chi connectivity index (χ0) is 14.8. The fourth-order valence-electron chi connectivity index (χ4n) is 2.69. The molecule has 0 bridgehead atoms. The maximum Gasteiger partial charge on any atom is 0.198 e. The lowest BCUT2D eigenvalue weighted by atomic mass is 9.99. The Hall–Kier alpha value is -2.16. The van der Waals surface area contributed by atoms with Crippen molar-refractivity contribution < 1.29 is 4.42 Å². The third kappa shape index (κ3) is 2.97. The smallest absolute Gasteiger partial charge is 0.198 e. The van der Waals surface area contributed by atoms with Gasteiger partial charge in [-0.3, -0.25) is 4.98 Å². The Morgan fingerprint density at radius 2 is 1.76 bits per heavy atom. The van der Waals surface area contributed by atoms with Crippen LogP contribution in [0.15, 0.2) is 47.1 Å². The van der Waals surface area contributed by atoms with Crippen molar-refractivity contribution in [2.24, 2.45) is 5.92 Å². The van der Waals surface area contributed by atoms with Crippen LogP contribution in [0.3, 0.4) is 0 Å². The number of fused-ring (bicyclic) bond motifs is 1. The zero-order valence-electron chi connectivity index (χ0n) is 12.7. The van der Waals surface area contributed by atoms with E-state index in [-0.39, 0.29) is 0 Å². The Bertz CT molecular complexity index is 731. The predicted molar refractivity (Wildman–Crippen MR) is 85.1 cm³/mol. The molecule has 3 aromatic rings. The van der Waals surface area contributed by atoms with Gasteiger partial charge in [-0.2, -0.15) is 0 Å². The first-order valence-electron chi connectivity index (χ1n) is 7.44. The summed E-state index contributed by atoms with van der Waals surface area (Å²) in [5, 5.41) is 0. The van der Waals surface area contributed by atoms with E-state index in [9.17, 15) is 0 Å². The first kappa shape index (κ1) is 13.8. The summed E-state index contributed by atoms with van der Waals surface area (Å²) in [7, 11) is 0.